The molecule has 4 aromatic rings. The number of halogens is 1. The molecule has 0 aliphatic carbocycles. The van der Waals surface area contributed by atoms with Crippen molar-refractivity contribution in [2.75, 3.05) is 36.5 Å². The summed E-state index contributed by atoms with van der Waals surface area (Å²) in [6.45, 7) is 2.80. The van der Waals surface area contributed by atoms with E-state index in [9.17, 15) is 14.3 Å². The first-order chi connectivity index (χ1) is 17.5. The van der Waals surface area contributed by atoms with Crippen LogP contribution in [0, 0.1) is 5.82 Å². The molecule has 0 radical (unpaired) electrons. The minimum atomic E-state index is -0.379. The zero-order chi connectivity index (χ0) is 24.6. The summed E-state index contributed by atoms with van der Waals surface area (Å²) in [6, 6.07) is 12.3. The molecule has 2 saturated heterocycles. The molecule has 2 fully saturated rings. The van der Waals surface area contributed by atoms with E-state index in [0.29, 0.717) is 46.9 Å². The van der Waals surface area contributed by atoms with Gasteiger partial charge in [0.2, 0.25) is 0 Å². The first-order valence-electron chi connectivity index (χ1n) is 12.1. The fraction of sp³-hybridized carbons (Fsp3) is 0.296. The summed E-state index contributed by atoms with van der Waals surface area (Å²) in [5, 5.41) is 13.4. The summed E-state index contributed by atoms with van der Waals surface area (Å²) in [7, 11) is 0. The number of anilines is 3. The molecule has 3 N–H and O–H groups in total. The Labute approximate surface area is 206 Å². The third-order valence-electron chi connectivity index (χ3n) is 6.95. The number of aliphatic hydroxyl groups is 1. The van der Waals surface area contributed by atoms with Gasteiger partial charge in [0.1, 0.15) is 11.6 Å². The molecule has 2 aliphatic rings. The quantitative estimate of drug-likeness (QED) is 0.392. The fourth-order valence-corrected chi connectivity index (χ4v) is 4.76. The lowest BCUT2D eigenvalue weighted by atomic mass is 9.94. The molecule has 0 bridgehead atoms. The van der Waals surface area contributed by atoms with Crippen LogP contribution in [-0.4, -0.2) is 52.5 Å². The van der Waals surface area contributed by atoms with E-state index in [1.165, 1.54) is 12.3 Å². The Hall–Kier alpha value is -3.82. The zero-order valence-corrected chi connectivity index (χ0v) is 19.6. The number of aromatic amines is 1. The van der Waals surface area contributed by atoms with Crippen LogP contribution in [0.25, 0.3) is 22.2 Å². The topological polar surface area (TPSA) is 103 Å². The number of nitrogens with zero attached hydrogens (tertiary/aromatic N) is 3. The lowest BCUT2D eigenvalue weighted by Gasteiger charge is -2.31. The standard InChI is InChI=1S/C27H26FN5O3/c28-21-3-1-16(17-14-36-15-17)11-20(21)23-12-24(26-22(31-23)5-8-29-27(26)35)32-25-4-2-18(13-30-25)33-9-6-19(34)7-10-33/h1-5,8,11-13,17,19,34H,6-7,9-10,14-15H2,(H,29,35)(H,30,31,32). The van der Waals surface area contributed by atoms with Gasteiger partial charge < -0.3 is 25.0 Å². The smallest absolute Gasteiger partial charge is 0.259 e. The monoisotopic (exact) mass is 487 g/mol. The van der Waals surface area contributed by atoms with E-state index in [4.69, 9.17) is 4.74 Å². The van der Waals surface area contributed by atoms with Crippen molar-refractivity contribution in [3.05, 3.63) is 76.6 Å². The third kappa shape index (κ3) is 4.31. The summed E-state index contributed by atoms with van der Waals surface area (Å²) in [5.41, 5.74) is 3.44. The molecule has 6 rings (SSSR count). The lowest BCUT2D eigenvalue weighted by Crippen LogP contribution is -2.35. The molecule has 2 aliphatic heterocycles. The fourth-order valence-electron chi connectivity index (χ4n) is 4.76. The highest BCUT2D eigenvalue weighted by Crippen LogP contribution is 2.33. The molecule has 0 atom stereocenters. The van der Waals surface area contributed by atoms with Gasteiger partial charge in [-0.25, -0.2) is 14.4 Å². The maximum atomic E-state index is 14.9. The highest BCUT2D eigenvalue weighted by Gasteiger charge is 2.23. The molecule has 1 aromatic carbocycles. The minimum Gasteiger partial charge on any atom is -0.393 e. The van der Waals surface area contributed by atoms with E-state index in [0.717, 1.165) is 37.2 Å². The number of nitrogens with one attached hydrogen (secondary N) is 2. The van der Waals surface area contributed by atoms with Crippen molar-refractivity contribution < 1.29 is 14.2 Å². The number of ether oxygens (including phenoxy) is 1. The van der Waals surface area contributed by atoms with E-state index in [-0.39, 0.29) is 23.4 Å². The average molecular weight is 488 g/mol. The molecule has 0 amide bonds. The van der Waals surface area contributed by atoms with Gasteiger partial charge >= 0.3 is 0 Å². The molecule has 8 nitrogen and oxygen atoms in total. The van der Waals surface area contributed by atoms with Gasteiger partial charge in [-0.05, 0) is 54.8 Å². The Morgan fingerprint density at radius 3 is 2.67 bits per heavy atom. The van der Waals surface area contributed by atoms with Crippen LogP contribution in [0.5, 0.6) is 0 Å². The van der Waals surface area contributed by atoms with Gasteiger partial charge in [0.15, 0.2) is 0 Å². The molecule has 184 valence electrons. The van der Waals surface area contributed by atoms with Crippen LogP contribution in [0.15, 0.2) is 59.7 Å². The molecule has 5 heterocycles. The van der Waals surface area contributed by atoms with Gasteiger partial charge in [-0.15, -0.1) is 0 Å². The molecule has 0 saturated carbocycles. The number of H-pyrrole nitrogens is 1. The van der Waals surface area contributed by atoms with E-state index < -0.39 is 0 Å². The Morgan fingerprint density at radius 2 is 1.94 bits per heavy atom. The second kappa shape index (κ2) is 9.33. The number of benzene rings is 1. The Kier molecular flexibility index (Phi) is 5.86. The number of piperidine rings is 1. The van der Waals surface area contributed by atoms with Crippen LogP contribution in [0.3, 0.4) is 0 Å². The molecular weight excluding hydrogens is 461 g/mol. The van der Waals surface area contributed by atoms with E-state index in [1.807, 2.05) is 18.2 Å². The predicted octanol–water partition coefficient (Wildman–Crippen LogP) is 3.94. The Morgan fingerprint density at radius 1 is 1.11 bits per heavy atom. The predicted molar refractivity (Wildman–Crippen MR) is 136 cm³/mol. The molecule has 36 heavy (non-hydrogen) atoms. The summed E-state index contributed by atoms with van der Waals surface area (Å²) >= 11 is 0. The molecular formula is C27H26FN5O3. The number of rotatable bonds is 5. The Bertz CT molecular complexity index is 1460. The van der Waals surface area contributed by atoms with Gasteiger partial charge in [-0.3, -0.25) is 4.79 Å². The first-order valence-corrected chi connectivity index (χ1v) is 12.1. The SMILES string of the molecule is O=c1[nH]ccc2nc(-c3cc(C4COC4)ccc3F)cc(Nc3ccc(N4CCC(O)CC4)cn3)c12. The largest absolute Gasteiger partial charge is 0.393 e. The summed E-state index contributed by atoms with van der Waals surface area (Å²) in [5.74, 6) is 0.422. The second-order valence-electron chi connectivity index (χ2n) is 9.34. The van der Waals surface area contributed by atoms with Gasteiger partial charge in [0, 0.05) is 30.8 Å². The van der Waals surface area contributed by atoms with Crippen LogP contribution < -0.4 is 15.8 Å². The van der Waals surface area contributed by atoms with Gasteiger partial charge in [-0.2, -0.15) is 0 Å². The number of pyridine rings is 3. The highest BCUT2D eigenvalue weighted by atomic mass is 19.1. The molecule has 3 aromatic heterocycles. The summed E-state index contributed by atoms with van der Waals surface area (Å²) in [4.78, 5) is 26.8. The summed E-state index contributed by atoms with van der Waals surface area (Å²) in [6.07, 6.45) is 4.54. The number of aliphatic hydroxyl groups excluding tert-OH is 1. The van der Waals surface area contributed by atoms with E-state index in [1.54, 1.807) is 24.4 Å². The average Bonchev–Trinajstić information content (AvgIpc) is 2.85. The first kappa shape index (κ1) is 22.6. The van der Waals surface area contributed by atoms with Crippen molar-refractivity contribution in [1.29, 1.82) is 0 Å². The van der Waals surface area contributed by atoms with Gasteiger partial charge in [0.05, 0.1) is 53.5 Å². The van der Waals surface area contributed by atoms with Gasteiger partial charge in [0.25, 0.3) is 5.56 Å². The normalized spacial score (nSPS) is 16.8. The minimum absolute atomic E-state index is 0.241. The van der Waals surface area contributed by atoms with Crippen LogP contribution in [0.1, 0.15) is 24.3 Å². The lowest BCUT2D eigenvalue weighted by molar-refractivity contribution is 0.00841. The van der Waals surface area contributed by atoms with Gasteiger partial charge in [-0.1, -0.05) is 6.07 Å². The van der Waals surface area contributed by atoms with Crippen LogP contribution in [-0.2, 0) is 4.74 Å². The van der Waals surface area contributed by atoms with E-state index in [2.05, 4.69) is 25.2 Å². The van der Waals surface area contributed by atoms with Crippen molar-refractivity contribution in [3.8, 4) is 11.3 Å². The number of fused-ring (bicyclic) bond motifs is 1. The molecule has 0 spiro atoms. The van der Waals surface area contributed by atoms with Crippen molar-refractivity contribution in [2.45, 2.75) is 24.9 Å². The maximum Gasteiger partial charge on any atom is 0.259 e. The molecule has 0 unspecified atom stereocenters. The van der Waals surface area contributed by atoms with Crippen LogP contribution in [0.2, 0.25) is 0 Å². The van der Waals surface area contributed by atoms with Crippen molar-refractivity contribution in [2.24, 2.45) is 0 Å². The van der Waals surface area contributed by atoms with Crippen LogP contribution >= 0.6 is 0 Å². The Balaban J connectivity index is 1.36. The van der Waals surface area contributed by atoms with Crippen molar-refractivity contribution in [3.63, 3.8) is 0 Å². The number of hydrogen-bond donors (Lipinski definition) is 3. The third-order valence-corrected chi connectivity index (χ3v) is 6.95. The second-order valence-corrected chi connectivity index (χ2v) is 9.34. The zero-order valence-electron chi connectivity index (χ0n) is 19.6. The summed E-state index contributed by atoms with van der Waals surface area (Å²) < 4.78 is 20.2. The maximum absolute atomic E-state index is 14.9. The molecule has 9 heteroatoms. The van der Waals surface area contributed by atoms with Crippen LogP contribution in [0.4, 0.5) is 21.6 Å². The van der Waals surface area contributed by atoms with E-state index >= 15 is 0 Å². The van der Waals surface area contributed by atoms with Crippen molar-refractivity contribution in [1.82, 2.24) is 15.0 Å². The number of hydrogen-bond acceptors (Lipinski definition) is 7. The van der Waals surface area contributed by atoms with Crippen molar-refractivity contribution >= 4 is 28.1 Å². The number of aromatic nitrogens is 3. The highest BCUT2D eigenvalue weighted by molar-refractivity contribution is 5.94.